The SMILES string of the molecule is COc1ccccc1-c1csc(NC(=O)C(C)Sc2ccc(NC(=O)/C(=C/c3ccc(Cl)cc3Cl)NC(=O)c3ccccc3)cc2)n1. The summed E-state index contributed by atoms with van der Waals surface area (Å²) in [5, 5.41) is 11.1. The summed E-state index contributed by atoms with van der Waals surface area (Å²) in [6.45, 7) is 1.80. The average Bonchev–Trinajstić information content (AvgIpc) is 3.54. The maximum atomic E-state index is 13.4. The number of nitrogens with one attached hydrogen (secondary N) is 3. The lowest BCUT2D eigenvalue weighted by molar-refractivity contribution is -0.115. The van der Waals surface area contributed by atoms with Gasteiger partial charge in [-0.15, -0.1) is 23.1 Å². The molecule has 0 saturated carbocycles. The predicted octanol–water partition coefficient (Wildman–Crippen LogP) is 8.65. The Morgan fingerprint density at radius 2 is 1.64 bits per heavy atom. The van der Waals surface area contributed by atoms with Gasteiger partial charge in [0.15, 0.2) is 5.13 Å². The van der Waals surface area contributed by atoms with Crippen LogP contribution in [-0.4, -0.2) is 35.1 Å². The summed E-state index contributed by atoms with van der Waals surface area (Å²) in [6.07, 6.45) is 1.49. The van der Waals surface area contributed by atoms with Gasteiger partial charge in [0.1, 0.15) is 11.4 Å². The first-order chi connectivity index (χ1) is 22.7. The maximum absolute atomic E-state index is 13.4. The van der Waals surface area contributed by atoms with Crippen molar-refractivity contribution >= 4 is 80.9 Å². The Hall–Kier alpha value is -4.61. The number of para-hydroxylation sites is 1. The molecule has 4 aromatic carbocycles. The second kappa shape index (κ2) is 15.8. The van der Waals surface area contributed by atoms with E-state index in [4.69, 9.17) is 27.9 Å². The van der Waals surface area contributed by atoms with E-state index in [9.17, 15) is 14.4 Å². The highest BCUT2D eigenvalue weighted by Gasteiger charge is 2.19. The second-order valence-corrected chi connectivity index (χ2v) is 13.1. The van der Waals surface area contributed by atoms with Crippen LogP contribution >= 0.6 is 46.3 Å². The highest BCUT2D eigenvalue weighted by Crippen LogP contribution is 2.33. The van der Waals surface area contributed by atoms with E-state index in [-0.39, 0.29) is 11.6 Å². The predicted molar refractivity (Wildman–Crippen MR) is 191 cm³/mol. The number of carbonyl (C=O) groups excluding carboxylic acids is 3. The van der Waals surface area contributed by atoms with Crippen molar-refractivity contribution in [2.75, 3.05) is 17.7 Å². The quantitative estimate of drug-likeness (QED) is 0.0939. The fraction of sp³-hybridized carbons (Fsp3) is 0.0857. The number of aromatic nitrogens is 1. The topological polar surface area (TPSA) is 109 Å². The Kier molecular flexibility index (Phi) is 11.3. The van der Waals surface area contributed by atoms with E-state index in [1.165, 1.54) is 29.2 Å². The molecule has 1 aromatic heterocycles. The summed E-state index contributed by atoms with van der Waals surface area (Å²) in [7, 11) is 1.60. The molecule has 0 aliphatic heterocycles. The lowest BCUT2D eigenvalue weighted by atomic mass is 10.1. The molecule has 8 nitrogen and oxygen atoms in total. The highest BCUT2D eigenvalue weighted by molar-refractivity contribution is 8.00. The summed E-state index contributed by atoms with van der Waals surface area (Å²) in [6, 6.07) is 28.0. The summed E-state index contributed by atoms with van der Waals surface area (Å²) in [5.41, 5.74) is 2.93. The first-order valence-electron chi connectivity index (χ1n) is 14.2. The number of anilines is 2. The third kappa shape index (κ3) is 9.02. The highest BCUT2D eigenvalue weighted by atomic mass is 35.5. The smallest absolute Gasteiger partial charge is 0.272 e. The van der Waals surface area contributed by atoms with Crippen molar-refractivity contribution in [1.29, 1.82) is 0 Å². The average molecular weight is 704 g/mol. The van der Waals surface area contributed by atoms with Crippen LogP contribution in [0.3, 0.4) is 0 Å². The van der Waals surface area contributed by atoms with E-state index >= 15 is 0 Å². The number of methoxy groups -OCH3 is 1. The lowest BCUT2D eigenvalue weighted by Crippen LogP contribution is -2.30. The minimum atomic E-state index is -0.551. The van der Waals surface area contributed by atoms with E-state index in [0.29, 0.717) is 37.7 Å². The van der Waals surface area contributed by atoms with Crippen LogP contribution in [0.4, 0.5) is 10.8 Å². The summed E-state index contributed by atoms with van der Waals surface area (Å²) >= 11 is 15.1. The van der Waals surface area contributed by atoms with Crippen molar-refractivity contribution in [2.24, 2.45) is 0 Å². The number of thiazole rings is 1. The van der Waals surface area contributed by atoms with Crippen molar-refractivity contribution < 1.29 is 19.1 Å². The molecule has 238 valence electrons. The molecule has 5 aromatic rings. The molecule has 1 heterocycles. The van der Waals surface area contributed by atoms with Crippen LogP contribution in [0.5, 0.6) is 5.75 Å². The van der Waals surface area contributed by atoms with Gasteiger partial charge in [-0.05, 0) is 79.2 Å². The Balaban J connectivity index is 1.23. The van der Waals surface area contributed by atoms with Gasteiger partial charge in [0.25, 0.3) is 11.8 Å². The van der Waals surface area contributed by atoms with Crippen LogP contribution in [0.15, 0.2) is 113 Å². The second-order valence-electron chi connectivity index (χ2n) is 10.0. The van der Waals surface area contributed by atoms with E-state index < -0.39 is 17.1 Å². The van der Waals surface area contributed by atoms with Crippen LogP contribution in [0, 0.1) is 0 Å². The van der Waals surface area contributed by atoms with E-state index in [1.807, 2.05) is 29.6 Å². The zero-order valence-corrected chi connectivity index (χ0v) is 28.3. The maximum Gasteiger partial charge on any atom is 0.272 e. The van der Waals surface area contributed by atoms with Crippen LogP contribution < -0.4 is 20.7 Å². The monoisotopic (exact) mass is 702 g/mol. The number of benzene rings is 4. The fourth-order valence-electron chi connectivity index (χ4n) is 4.31. The molecule has 1 atom stereocenters. The molecule has 0 aliphatic rings. The largest absolute Gasteiger partial charge is 0.496 e. The Labute approximate surface area is 290 Å². The molecule has 12 heteroatoms. The molecule has 0 saturated heterocycles. The Morgan fingerprint density at radius 3 is 2.36 bits per heavy atom. The fourth-order valence-corrected chi connectivity index (χ4v) is 6.35. The minimum absolute atomic E-state index is 0.0112. The number of hydrogen-bond acceptors (Lipinski definition) is 7. The molecule has 0 spiro atoms. The van der Waals surface area contributed by atoms with Crippen molar-refractivity contribution in [3.63, 3.8) is 0 Å². The molecule has 47 heavy (non-hydrogen) atoms. The number of carbonyl (C=O) groups is 3. The lowest BCUT2D eigenvalue weighted by Gasteiger charge is -2.13. The third-order valence-corrected chi connectivity index (χ3v) is 9.13. The van der Waals surface area contributed by atoms with Gasteiger partial charge in [0.05, 0.1) is 18.1 Å². The van der Waals surface area contributed by atoms with E-state index in [0.717, 1.165) is 16.2 Å². The Bertz CT molecular complexity index is 1930. The standard InChI is InChI=1S/C35H28Cl2N4O4S2/c1-21(32(42)41-35-40-30(20-46-35)27-10-6-7-11-31(27)45-2)47-26-16-14-25(15-17-26)38-34(44)29(18-23-12-13-24(36)19-28(23)37)39-33(43)22-8-4-3-5-9-22/h3-21H,1-2H3,(H,38,44)(H,39,43)(H,40,41,42)/b29-18-. The molecule has 3 amide bonds. The van der Waals surface area contributed by atoms with Crippen LogP contribution in [-0.2, 0) is 9.59 Å². The summed E-state index contributed by atoms with van der Waals surface area (Å²) in [4.78, 5) is 44.6. The zero-order chi connectivity index (χ0) is 33.3. The molecule has 5 rings (SSSR count). The van der Waals surface area contributed by atoms with Crippen LogP contribution in [0.1, 0.15) is 22.8 Å². The van der Waals surface area contributed by atoms with Crippen LogP contribution in [0.25, 0.3) is 17.3 Å². The van der Waals surface area contributed by atoms with Gasteiger partial charge in [-0.1, -0.05) is 59.6 Å². The number of thioether (sulfide) groups is 1. The number of ether oxygens (including phenoxy) is 1. The van der Waals surface area contributed by atoms with Gasteiger partial charge < -0.3 is 20.7 Å². The van der Waals surface area contributed by atoms with Gasteiger partial charge >= 0.3 is 0 Å². The normalized spacial score (nSPS) is 11.8. The Morgan fingerprint density at radius 1 is 0.915 bits per heavy atom. The van der Waals surface area contributed by atoms with Crippen molar-refractivity contribution in [3.05, 3.63) is 129 Å². The first-order valence-corrected chi connectivity index (χ1v) is 16.7. The molecule has 0 radical (unpaired) electrons. The van der Waals surface area contributed by atoms with Crippen molar-refractivity contribution in [3.8, 4) is 17.0 Å². The summed E-state index contributed by atoms with van der Waals surface area (Å²) in [5.74, 6) is -0.498. The van der Waals surface area contributed by atoms with E-state index in [1.54, 1.807) is 86.8 Å². The molecule has 1 unspecified atom stereocenters. The first kappa shape index (κ1) is 33.7. The molecular formula is C35H28Cl2N4O4S2. The van der Waals surface area contributed by atoms with Crippen LogP contribution in [0.2, 0.25) is 10.0 Å². The van der Waals surface area contributed by atoms with Gasteiger partial charge in [-0.25, -0.2) is 4.98 Å². The number of nitrogens with zero attached hydrogens (tertiary/aromatic N) is 1. The number of rotatable bonds is 11. The molecule has 0 bridgehead atoms. The molecule has 0 fully saturated rings. The van der Waals surface area contributed by atoms with Crippen molar-refractivity contribution in [2.45, 2.75) is 17.1 Å². The minimum Gasteiger partial charge on any atom is -0.496 e. The third-order valence-electron chi connectivity index (χ3n) is 6.70. The van der Waals surface area contributed by atoms with Gasteiger partial charge in [0.2, 0.25) is 5.91 Å². The van der Waals surface area contributed by atoms with Crippen molar-refractivity contribution in [1.82, 2.24) is 10.3 Å². The zero-order valence-electron chi connectivity index (χ0n) is 25.1. The number of hydrogen-bond donors (Lipinski definition) is 3. The number of halogens is 2. The molecule has 0 aliphatic carbocycles. The molecular weight excluding hydrogens is 675 g/mol. The molecule has 3 N–H and O–H groups in total. The number of amides is 3. The van der Waals surface area contributed by atoms with Gasteiger partial charge in [0, 0.05) is 37.1 Å². The van der Waals surface area contributed by atoms with Gasteiger partial charge in [-0.2, -0.15) is 0 Å². The van der Waals surface area contributed by atoms with Gasteiger partial charge in [-0.3, -0.25) is 14.4 Å². The summed E-state index contributed by atoms with van der Waals surface area (Å²) < 4.78 is 5.42. The van der Waals surface area contributed by atoms with E-state index in [2.05, 4.69) is 20.9 Å².